The van der Waals surface area contributed by atoms with Crippen molar-refractivity contribution in [3.05, 3.63) is 0 Å². The summed E-state index contributed by atoms with van der Waals surface area (Å²) in [5, 5.41) is 3.21. The predicted molar refractivity (Wildman–Crippen MR) is 74.7 cm³/mol. The molecule has 1 N–H and O–H groups in total. The fourth-order valence-electron chi connectivity index (χ4n) is 2.20. The van der Waals surface area contributed by atoms with Crippen molar-refractivity contribution < 1.29 is 17.9 Å². The number of nitrogens with zero attached hydrogens (tertiary/aromatic N) is 1. The van der Waals surface area contributed by atoms with Crippen LogP contribution in [0.25, 0.3) is 0 Å². The van der Waals surface area contributed by atoms with Crippen LogP contribution in [0.15, 0.2) is 0 Å². The third-order valence-electron chi connectivity index (χ3n) is 3.36. The highest BCUT2D eigenvalue weighted by Gasteiger charge is 2.38. The van der Waals surface area contributed by atoms with Gasteiger partial charge < -0.3 is 14.8 Å². The van der Waals surface area contributed by atoms with Crippen molar-refractivity contribution in [3.8, 4) is 0 Å². The van der Waals surface area contributed by atoms with Crippen molar-refractivity contribution in [2.45, 2.75) is 32.0 Å². The molecule has 1 aliphatic heterocycles. The SMILES string of the molecule is CCCNCCCS(=O)(=O)N1CC(OC)C(OC)C1. The molecule has 0 saturated carbocycles. The monoisotopic (exact) mass is 294 g/mol. The Balaban J connectivity index is 2.41. The van der Waals surface area contributed by atoms with E-state index in [1.807, 2.05) is 0 Å². The molecule has 0 aromatic rings. The van der Waals surface area contributed by atoms with Crippen molar-refractivity contribution in [1.82, 2.24) is 9.62 Å². The molecule has 114 valence electrons. The lowest BCUT2D eigenvalue weighted by molar-refractivity contribution is -0.00461. The van der Waals surface area contributed by atoms with Crippen molar-refractivity contribution in [1.29, 1.82) is 0 Å². The molecule has 6 nitrogen and oxygen atoms in total. The van der Waals surface area contributed by atoms with Gasteiger partial charge in [-0.05, 0) is 25.9 Å². The maximum Gasteiger partial charge on any atom is 0.214 e. The zero-order valence-corrected chi connectivity index (χ0v) is 12.9. The molecule has 1 fully saturated rings. The van der Waals surface area contributed by atoms with Crippen LogP contribution in [0.3, 0.4) is 0 Å². The average Bonchev–Trinajstić information content (AvgIpc) is 2.82. The predicted octanol–water partition coefficient (Wildman–Crippen LogP) is 0.0515. The summed E-state index contributed by atoms with van der Waals surface area (Å²) in [6, 6.07) is 0. The van der Waals surface area contributed by atoms with E-state index in [0.29, 0.717) is 19.5 Å². The van der Waals surface area contributed by atoms with E-state index in [1.165, 1.54) is 4.31 Å². The molecule has 0 bridgehead atoms. The Labute approximate surface area is 116 Å². The summed E-state index contributed by atoms with van der Waals surface area (Å²) in [6.07, 6.45) is 1.36. The van der Waals surface area contributed by atoms with E-state index in [9.17, 15) is 8.42 Å². The molecule has 0 spiro atoms. The van der Waals surface area contributed by atoms with E-state index >= 15 is 0 Å². The van der Waals surface area contributed by atoms with Crippen molar-refractivity contribution in [3.63, 3.8) is 0 Å². The molecule has 0 radical (unpaired) electrons. The highest BCUT2D eigenvalue weighted by molar-refractivity contribution is 7.89. The molecule has 0 aliphatic carbocycles. The third kappa shape index (κ3) is 5.00. The normalized spacial score (nSPS) is 25.0. The van der Waals surface area contributed by atoms with Crippen LogP contribution in [0.5, 0.6) is 0 Å². The van der Waals surface area contributed by atoms with Crippen LogP contribution in [0.2, 0.25) is 0 Å². The summed E-state index contributed by atoms with van der Waals surface area (Å²) in [5.74, 6) is 0.177. The van der Waals surface area contributed by atoms with Crippen LogP contribution in [0.4, 0.5) is 0 Å². The Morgan fingerprint density at radius 3 is 2.21 bits per heavy atom. The molecule has 2 unspecified atom stereocenters. The molecule has 1 saturated heterocycles. The van der Waals surface area contributed by atoms with Crippen molar-refractivity contribution >= 4 is 10.0 Å². The molecule has 1 aliphatic rings. The van der Waals surface area contributed by atoms with Gasteiger partial charge in [-0.25, -0.2) is 8.42 Å². The van der Waals surface area contributed by atoms with E-state index in [2.05, 4.69) is 12.2 Å². The van der Waals surface area contributed by atoms with Gasteiger partial charge in [0.25, 0.3) is 0 Å². The minimum absolute atomic E-state index is 0.169. The van der Waals surface area contributed by atoms with E-state index < -0.39 is 10.0 Å². The summed E-state index contributed by atoms with van der Waals surface area (Å²) in [4.78, 5) is 0. The fraction of sp³-hybridized carbons (Fsp3) is 1.00. The van der Waals surface area contributed by atoms with Gasteiger partial charge in [0.1, 0.15) is 0 Å². The standard InChI is InChI=1S/C12H26N2O4S/c1-4-6-13-7-5-8-19(15,16)14-9-11(17-2)12(10-14)18-3/h11-13H,4-10H2,1-3H3. The number of sulfonamides is 1. The van der Waals surface area contributed by atoms with Gasteiger partial charge in [0.05, 0.1) is 18.0 Å². The molecule has 0 aromatic heterocycles. The Morgan fingerprint density at radius 1 is 1.16 bits per heavy atom. The second kappa shape index (κ2) is 8.16. The number of hydrogen-bond donors (Lipinski definition) is 1. The number of methoxy groups -OCH3 is 2. The lowest BCUT2D eigenvalue weighted by atomic mass is 10.3. The summed E-state index contributed by atoms with van der Waals surface area (Å²) in [6.45, 7) is 4.53. The van der Waals surface area contributed by atoms with Crippen molar-refractivity contribution in [2.75, 3.05) is 46.2 Å². The largest absolute Gasteiger partial charge is 0.377 e. The Kier molecular flexibility index (Phi) is 7.23. The average molecular weight is 294 g/mol. The Hall–Kier alpha value is -0.210. The fourth-order valence-corrected chi connectivity index (χ4v) is 3.72. The Morgan fingerprint density at radius 2 is 1.74 bits per heavy atom. The van der Waals surface area contributed by atoms with E-state index in [-0.39, 0.29) is 18.0 Å². The summed E-state index contributed by atoms with van der Waals surface area (Å²) >= 11 is 0. The number of hydrogen-bond acceptors (Lipinski definition) is 5. The lowest BCUT2D eigenvalue weighted by Gasteiger charge is -2.15. The number of rotatable bonds is 9. The zero-order chi connectivity index (χ0) is 14.3. The van der Waals surface area contributed by atoms with Gasteiger partial charge in [0.15, 0.2) is 0 Å². The maximum atomic E-state index is 12.2. The van der Waals surface area contributed by atoms with E-state index in [0.717, 1.165) is 19.5 Å². The summed E-state index contributed by atoms with van der Waals surface area (Å²) in [5.41, 5.74) is 0. The smallest absolute Gasteiger partial charge is 0.214 e. The first-order chi connectivity index (χ1) is 9.05. The van der Waals surface area contributed by atoms with Gasteiger partial charge in [0.2, 0.25) is 10.0 Å². The van der Waals surface area contributed by atoms with Crippen LogP contribution in [-0.2, 0) is 19.5 Å². The zero-order valence-electron chi connectivity index (χ0n) is 12.1. The molecule has 1 heterocycles. The molecular formula is C12H26N2O4S. The highest BCUT2D eigenvalue weighted by atomic mass is 32.2. The number of nitrogens with one attached hydrogen (secondary N) is 1. The van der Waals surface area contributed by atoms with Gasteiger partial charge >= 0.3 is 0 Å². The first kappa shape index (κ1) is 16.8. The Bertz CT molecular complexity index is 336. The molecule has 19 heavy (non-hydrogen) atoms. The van der Waals surface area contributed by atoms with E-state index in [4.69, 9.17) is 9.47 Å². The molecule has 0 amide bonds. The van der Waals surface area contributed by atoms with E-state index in [1.54, 1.807) is 14.2 Å². The first-order valence-electron chi connectivity index (χ1n) is 6.79. The van der Waals surface area contributed by atoms with Crippen LogP contribution in [0.1, 0.15) is 19.8 Å². The van der Waals surface area contributed by atoms with Gasteiger partial charge in [-0.15, -0.1) is 0 Å². The molecule has 2 atom stereocenters. The van der Waals surface area contributed by atoms with Crippen LogP contribution >= 0.6 is 0 Å². The van der Waals surface area contributed by atoms with Crippen LogP contribution < -0.4 is 5.32 Å². The maximum absolute atomic E-state index is 12.2. The van der Waals surface area contributed by atoms with Crippen molar-refractivity contribution in [2.24, 2.45) is 0 Å². The minimum atomic E-state index is -3.20. The van der Waals surface area contributed by atoms with Gasteiger partial charge in [-0.1, -0.05) is 6.92 Å². The summed E-state index contributed by atoms with van der Waals surface area (Å²) < 4.78 is 36.3. The first-order valence-corrected chi connectivity index (χ1v) is 8.40. The minimum Gasteiger partial charge on any atom is -0.377 e. The van der Waals surface area contributed by atoms with Gasteiger partial charge in [-0.2, -0.15) is 4.31 Å². The summed E-state index contributed by atoms with van der Waals surface area (Å²) in [7, 11) is -0.0303. The molecule has 0 aromatic carbocycles. The number of ether oxygens (including phenoxy) is 2. The molecule has 1 rings (SSSR count). The lowest BCUT2D eigenvalue weighted by Crippen LogP contribution is -2.33. The van der Waals surface area contributed by atoms with Crippen LogP contribution in [-0.4, -0.2) is 71.1 Å². The second-order valence-electron chi connectivity index (χ2n) is 4.78. The second-order valence-corrected chi connectivity index (χ2v) is 6.87. The molecule has 7 heteroatoms. The third-order valence-corrected chi connectivity index (χ3v) is 5.25. The van der Waals surface area contributed by atoms with Gasteiger partial charge in [-0.3, -0.25) is 0 Å². The highest BCUT2D eigenvalue weighted by Crippen LogP contribution is 2.19. The van der Waals surface area contributed by atoms with Gasteiger partial charge in [0, 0.05) is 27.3 Å². The topological polar surface area (TPSA) is 67.9 Å². The van der Waals surface area contributed by atoms with Crippen LogP contribution in [0, 0.1) is 0 Å². The quantitative estimate of drug-likeness (QED) is 0.609. The molecular weight excluding hydrogens is 268 g/mol.